The Hall–Kier alpha value is -0.0400. The molecule has 20 heavy (non-hydrogen) atoms. The van der Waals surface area contributed by atoms with Crippen LogP contribution < -0.4 is 5.73 Å². The summed E-state index contributed by atoms with van der Waals surface area (Å²) in [5.74, 6) is 0.632. The highest BCUT2D eigenvalue weighted by atomic mass is 127. The molecule has 1 aromatic carbocycles. The predicted molar refractivity (Wildman–Crippen MR) is 93.7 cm³/mol. The van der Waals surface area contributed by atoms with Gasteiger partial charge in [0.15, 0.2) is 0 Å². The summed E-state index contributed by atoms with van der Waals surface area (Å²) in [5.41, 5.74) is 6.63. The Bertz CT molecular complexity index is 474. The van der Waals surface area contributed by atoms with E-state index < -0.39 is 0 Å². The lowest BCUT2D eigenvalue weighted by atomic mass is 9.90. The van der Waals surface area contributed by atoms with Crippen LogP contribution in [0.3, 0.4) is 0 Å². The van der Waals surface area contributed by atoms with Crippen molar-refractivity contribution in [3.05, 3.63) is 32.4 Å². The predicted octanol–water partition coefficient (Wildman–Crippen LogP) is 3.57. The van der Waals surface area contributed by atoms with Gasteiger partial charge in [-0.2, -0.15) is 0 Å². The lowest BCUT2D eigenvalue weighted by Gasteiger charge is -2.33. The summed E-state index contributed by atoms with van der Waals surface area (Å²) < 4.78 is 0.913. The number of hydrogen-bond donors (Lipinski definition) is 1. The fourth-order valence-electron chi connectivity index (χ4n) is 2.44. The van der Waals surface area contributed by atoms with E-state index >= 15 is 0 Å². The standard InChI is InChI=1S/C14H18ClIN2O.ClH/c1-9(17)10-4-6-18(7-5-10)14(19)11-2-3-12(15)13(16)8-11;/h2-3,8-10H,4-7,17H2,1H3;1H. The number of rotatable bonds is 2. The van der Waals surface area contributed by atoms with Crippen molar-refractivity contribution in [2.45, 2.75) is 25.8 Å². The van der Waals surface area contributed by atoms with E-state index in [-0.39, 0.29) is 24.4 Å². The summed E-state index contributed by atoms with van der Waals surface area (Å²) in [7, 11) is 0. The van der Waals surface area contributed by atoms with Crippen LogP contribution in [0, 0.1) is 9.49 Å². The van der Waals surface area contributed by atoms with Gasteiger partial charge in [-0.05, 0) is 66.5 Å². The number of nitrogens with two attached hydrogens (primary N) is 1. The summed E-state index contributed by atoms with van der Waals surface area (Å²) in [5, 5.41) is 0.688. The van der Waals surface area contributed by atoms with Crippen molar-refractivity contribution in [3.8, 4) is 0 Å². The van der Waals surface area contributed by atoms with E-state index in [0.717, 1.165) is 29.5 Å². The number of nitrogens with zero attached hydrogens (tertiary/aromatic N) is 1. The highest BCUT2D eigenvalue weighted by Gasteiger charge is 2.25. The van der Waals surface area contributed by atoms with E-state index in [1.54, 1.807) is 12.1 Å². The molecule has 1 heterocycles. The zero-order chi connectivity index (χ0) is 14.0. The molecule has 0 aliphatic carbocycles. The molecule has 2 rings (SSSR count). The Morgan fingerprint density at radius 1 is 1.45 bits per heavy atom. The second-order valence-corrected chi connectivity index (χ2v) is 6.69. The fourth-order valence-corrected chi connectivity index (χ4v) is 3.07. The minimum Gasteiger partial charge on any atom is -0.339 e. The van der Waals surface area contributed by atoms with Crippen molar-refractivity contribution < 1.29 is 4.79 Å². The topological polar surface area (TPSA) is 46.3 Å². The van der Waals surface area contributed by atoms with Gasteiger partial charge >= 0.3 is 0 Å². The van der Waals surface area contributed by atoms with Gasteiger partial charge in [0.05, 0.1) is 5.02 Å². The minimum absolute atomic E-state index is 0. The van der Waals surface area contributed by atoms with Crippen molar-refractivity contribution in [2.75, 3.05) is 13.1 Å². The van der Waals surface area contributed by atoms with Gasteiger partial charge in [0.1, 0.15) is 0 Å². The molecular formula is C14H19Cl2IN2O. The van der Waals surface area contributed by atoms with Crippen LogP contribution in [0.15, 0.2) is 18.2 Å². The van der Waals surface area contributed by atoms with Gasteiger partial charge in [-0.15, -0.1) is 12.4 Å². The molecule has 0 aromatic heterocycles. The first-order valence-corrected chi connectivity index (χ1v) is 7.94. The number of hydrogen-bond acceptors (Lipinski definition) is 2. The normalized spacial score (nSPS) is 17.5. The number of likely N-dealkylation sites (tertiary alicyclic amines) is 1. The average molecular weight is 429 g/mol. The van der Waals surface area contributed by atoms with Crippen molar-refractivity contribution in [3.63, 3.8) is 0 Å². The third kappa shape index (κ3) is 4.23. The van der Waals surface area contributed by atoms with Crippen molar-refractivity contribution in [1.82, 2.24) is 4.90 Å². The number of amides is 1. The van der Waals surface area contributed by atoms with E-state index in [2.05, 4.69) is 22.6 Å². The van der Waals surface area contributed by atoms with Crippen LogP contribution in [0.1, 0.15) is 30.1 Å². The fraction of sp³-hybridized carbons (Fsp3) is 0.500. The third-order valence-corrected chi connectivity index (χ3v) is 5.28. The average Bonchev–Trinajstić information content (AvgIpc) is 2.41. The number of halogens is 3. The summed E-state index contributed by atoms with van der Waals surface area (Å²) in [6, 6.07) is 5.65. The molecule has 6 heteroatoms. The maximum Gasteiger partial charge on any atom is 0.253 e. The Kier molecular flexibility index (Phi) is 7.04. The molecule has 1 fully saturated rings. The van der Waals surface area contributed by atoms with E-state index in [9.17, 15) is 4.79 Å². The Balaban J connectivity index is 0.00000200. The van der Waals surface area contributed by atoms with E-state index in [4.69, 9.17) is 17.3 Å². The van der Waals surface area contributed by atoms with Gasteiger partial charge in [0, 0.05) is 28.3 Å². The Labute approximate surface area is 144 Å². The van der Waals surface area contributed by atoms with Crippen molar-refractivity contribution >= 4 is 52.5 Å². The van der Waals surface area contributed by atoms with Crippen LogP contribution >= 0.6 is 46.6 Å². The van der Waals surface area contributed by atoms with Crippen molar-refractivity contribution in [2.24, 2.45) is 11.7 Å². The monoisotopic (exact) mass is 428 g/mol. The Morgan fingerprint density at radius 2 is 2.05 bits per heavy atom. The van der Waals surface area contributed by atoms with Crippen LogP contribution in [0.4, 0.5) is 0 Å². The molecule has 3 nitrogen and oxygen atoms in total. The summed E-state index contributed by atoms with van der Waals surface area (Å²) in [6.07, 6.45) is 1.99. The largest absolute Gasteiger partial charge is 0.339 e. The number of benzene rings is 1. The van der Waals surface area contributed by atoms with E-state index in [0.29, 0.717) is 16.5 Å². The summed E-state index contributed by atoms with van der Waals surface area (Å²) >= 11 is 8.13. The number of piperidine rings is 1. The molecule has 0 radical (unpaired) electrons. The molecule has 0 bridgehead atoms. The van der Waals surface area contributed by atoms with Gasteiger partial charge in [0.2, 0.25) is 0 Å². The van der Waals surface area contributed by atoms with Gasteiger partial charge in [-0.25, -0.2) is 0 Å². The quantitative estimate of drug-likeness (QED) is 0.732. The highest BCUT2D eigenvalue weighted by molar-refractivity contribution is 14.1. The van der Waals surface area contributed by atoms with Crippen LogP contribution in [-0.2, 0) is 0 Å². The maximum atomic E-state index is 12.4. The van der Waals surface area contributed by atoms with Crippen LogP contribution in [0.2, 0.25) is 5.02 Å². The van der Waals surface area contributed by atoms with Gasteiger partial charge in [0.25, 0.3) is 5.91 Å². The van der Waals surface area contributed by atoms with Gasteiger partial charge < -0.3 is 10.6 Å². The lowest BCUT2D eigenvalue weighted by Crippen LogP contribution is -2.42. The first-order chi connectivity index (χ1) is 8.99. The molecule has 1 saturated heterocycles. The molecule has 1 amide bonds. The third-order valence-electron chi connectivity index (χ3n) is 3.74. The maximum absolute atomic E-state index is 12.4. The first-order valence-electron chi connectivity index (χ1n) is 6.49. The highest BCUT2D eigenvalue weighted by Crippen LogP contribution is 2.23. The van der Waals surface area contributed by atoms with Crippen LogP contribution in [-0.4, -0.2) is 29.9 Å². The second-order valence-electron chi connectivity index (χ2n) is 5.12. The molecular weight excluding hydrogens is 410 g/mol. The van der Waals surface area contributed by atoms with Gasteiger partial charge in [-0.1, -0.05) is 11.6 Å². The smallest absolute Gasteiger partial charge is 0.253 e. The molecule has 1 unspecified atom stereocenters. The Morgan fingerprint density at radius 3 is 2.55 bits per heavy atom. The number of carbonyl (C=O) groups is 1. The molecule has 1 atom stereocenters. The zero-order valence-corrected chi connectivity index (χ0v) is 15.0. The second kappa shape index (κ2) is 7.82. The first kappa shape index (κ1) is 18.0. The summed E-state index contributed by atoms with van der Waals surface area (Å²) in [4.78, 5) is 14.3. The van der Waals surface area contributed by atoms with E-state index in [1.165, 1.54) is 0 Å². The van der Waals surface area contributed by atoms with Crippen LogP contribution in [0.5, 0.6) is 0 Å². The van der Waals surface area contributed by atoms with Crippen LogP contribution in [0.25, 0.3) is 0 Å². The zero-order valence-electron chi connectivity index (χ0n) is 11.3. The molecule has 2 N–H and O–H groups in total. The van der Waals surface area contributed by atoms with Gasteiger partial charge in [-0.3, -0.25) is 4.79 Å². The molecule has 1 aromatic rings. The molecule has 112 valence electrons. The van der Waals surface area contributed by atoms with E-state index in [1.807, 2.05) is 17.9 Å². The number of carbonyl (C=O) groups excluding carboxylic acids is 1. The summed E-state index contributed by atoms with van der Waals surface area (Å²) in [6.45, 7) is 3.64. The molecule has 1 aliphatic heterocycles. The lowest BCUT2D eigenvalue weighted by molar-refractivity contribution is 0.0681. The molecule has 1 aliphatic rings. The minimum atomic E-state index is 0. The molecule has 0 spiro atoms. The van der Waals surface area contributed by atoms with Crippen molar-refractivity contribution in [1.29, 1.82) is 0 Å². The SMILES string of the molecule is CC(N)C1CCN(C(=O)c2ccc(Cl)c(I)c2)CC1.Cl. The molecule has 0 saturated carbocycles.